The Morgan fingerprint density at radius 1 is 1.26 bits per heavy atom. The van der Waals surface area contributed by atoms with Crippen LogP contribution in [-0.2, 0) is 4.79 Å². The highest BCUT2D eigenvalue weighted by molar-refractivity contribution is 5.70. The van der Waals surface area contributed by atoms with E-state index in [0.29, 0.717) is 12.1 Å². The predicted octanol–water partition coefficient (Wildman–Crippen LogP) is 1.58. The maximum atomic E-state index is 13.2. The maximum absolute atomic E-state index is 13.2. The van der Waals surface area contributed by atoms with Crippen LogP contribution in [0.3, 0.4) is 0 Å². The van der Waals surface area contributed by atoms with Gasteiger partial charge in [0.05, 0.1) is 0 Å². The minimum absolute atomic E-state index is 0.00412. The molecule has 6 heteroatoms. The molecule has 0 N–H and O–H groups in total. The van der Waals surface area contributed by atoms with Gasteiger partial charge in [-0.05, 0) is 25.0 Å². The van der Waals surface area contributed by atoms with E-state index in [2.05, 4.69) is 0 Å². The highest BCUT2D eigenvalue weighted by atomic mass is 19.4. The fourth-order valence-electron chi connectivity index (χ4n) is 2.56. The van der Waals surface area contributed by atoms with E-state index in [1.54, 1.807) is 30.3 Å². The topological polar surface area (TPSA) is 43.4 Å². The van der Waals surface area contributed by atoms with Crippen molar-refractivity contribution in [1.82, 2.24) is 0 Å². The van der Waals surface area contributed by atoms with Crippen molar-refractivity contribution < 1.29 is 23.1 Å². The fraction of sp³-hybridized carbons (Fsp3) is 0.462. The van der Waals surface area contributed by atoms with Crippen LogP contribution in [-0.4, -0.2) is 24.7 Å². The first kappa shape index (κ1) is 13.7. The molecule has 1 fully saturated rings. The summed E-state index contributed by atoms with van der Waals surface area (Å²) in [6, 6.07) is 6.05. The van der Waals surface area contributed by atoms with Gasteiger partial charge in [0.15, 0.2) is 0 Å². The Balaban J connectivity index is 2.38. The summed E-state index contributed by atoms with van der Waals surface area (Å²) in [6.07, 6.45) is -4.20. The number of aliphatic carboxylic acids is 1. The van der Waals surface area contributed by atoms with Crippen molar-refractivity contribution in [1.29, 1.82) is 0 Å². The van der Waals surface area contributed by atoms with Gasteiger partial charge in [-0.25, -0.2) is 0 Å². The van der Waals surface area contributed by atoms with E-state index in [9.17, 15) is 23.1 Å². The lowest BCUT2D eigenvalue weighted by Crippen LogP contribution is -2.58. The molecule has 1 aromatic carbocycles. The maximum Gasteiger partial charge on any atom is 0.409 e. The normalized spacial score (nSPS) is 24.3. The first-order chi connectivity index (χ1) is 8.91. The van der Waals surface area contributed by atoms with Crippen LogP contribution in [0, 0.1) is 5.92 Å². The van der Waals surface area contributed by atoms with E-state index in [1.807, 2.05) is 0 Å². The van der Waals surface area contributed by atoms with Crippen LogP contribution in [0.15, 0.2) is 30.3 Å². The van der Waals surface area contributed by atoms with Gasteiger partial charge in [-0.15, -0.1) is 0 Å². The zero-order chi connectivity index (χ0) is 14.0. The molecule has 3 nitrogen and oxygen atoms in total. The Morgan fingerprint density at radius 2 is 1.89 bits per heavy atom. The number of hydrogen-bond donors (Lipinski definition) is 0. The summed E-state index contributed by atoms with van der Waals surface area (Å²) in [5.74, 6) is -3.16. The predicted molar refractivity (Wildman–Crippen MR) is 61.4 cm³/mol. The quantitative estimate of drug-likeness (QED) is 0.821. The summed E-state index contributed by atoms with van der Waals surface area (Å²) < 4.78 is 39.5. The summed E-state index contributed by atoms with van der Waals surface area (Å²) in [4.78, 5) is 12.1. The first-order valence-corrected chi connectivity index (χ1v) is 6.00. The molecule has 1 saturated heterocycles. The van der Waals surface area contributed by atoms with Crippen molar-refractivity contribution in [2.24, 2.45) is 5.92 Å². The molecule has 2 rings (SSSR count). The van der Waals surface area contributed by atoms with Gasteiger partial charge < -0.3 is 14.8 Å². The number of hydrogen-bond acceptors (Lipinski definition) is 3. The summed E-state index contributed by atoms with van der Waals surface area (Å²) in [5.41, 5.74) is 0.385. The van der Waals surface area contributed by atoms with E-state index in [-0.39, 0.29) is 13.0 Å². The molecule has 0 aliphatic carbocycles. The van der Waals surface area contributed by atoms with E-state index in [1.165, 1.54) is 0 Å². The Labute approximate surface area is 108 Å². The standard InChI is InChI=1S/C13H14F3NO2/c14-13(15,16)11-10(12(18)19)7-4-8-17(11)9-5-2-1-3-6-9/h1-3,5-6,10-11H,4,7-8H2,(H,18,19)/p-1. The van der Waals surface area contributed by atoms with Crippen LogP contribution in [0.2, 0.25) is 0 Å². The molecular formula is C13H13F3NO2-. The summed E-state index contributed by atoms with van der Waals surface area (Å²) in [6.45, 7) is 0.192. The number of carboxylic acid groups (broad SMARTS) is 1. The van der Waals surface area contributed by atoms with E-state index >= 15 is 0 Å². The van der Waals surface area contributed by atoms with E-state index in [0.717, 1.165) is 4.90 Å². The SMILES string of the molecule is O=C([O-])C1CCCN(c2ccccc2)C1C(F)(F)F. The zero-order valence-corrected chi connectivity index (χ0v) is 10.1. The van der Waals surface area contributed by atoms with E-state index in [4.69, 9.17) is 0 Å². The number of alkyl halides is 3. The van der Waals surface area contributed by atoms with Crippen molar-refractivity contribution in [3.63, 3.8) is 0 Å². The van der Waals surface area contributed by atoms with Crippen LogP contribution >= 0.6 is 0 Å². The second kappa shape index (κ2) is 5.11. The lowest BCUT2D eigenvalue weighted by atomic mass is 9.88. The molecule has 0 bridgehead atoms. The van der Waals surface area contributed by atoms with Gasteiger partial charge in [0.25, 0.3) is 0 Å². The highest BCUT2D eigenvalue weighted by Crippen LogP contribution is 2.38. The highest BCUT2D eigenvalue weighted by Gasteiger charge is 2.50. The molecule has 0 amide bonds. The number of nitrogens with zero attached hydrogens (tertiary/aromatic N) is 1. The Bertz CT molecular complexity index is 447. The van der Waals surface area contributed by atoms with Gasteiger partial charge in [-0.1, -0.05) is 18.2 Å². The number of carbonyl (C=O) groups excluding carboxylic acids is 1. The van der Waals surface area contributed by atoms with Gasteiger partial charge in [0.1, 0.15) is 6.04 Å². The second-order valence-electron chi connectivity index (χ2n) is 4.58. The number of para-hydroxylation sites is 1. The lowest BCUT2D eigenvalue weighted by molar-refractivity contribution is -0.316. The first-order valence-electron chi connectivity index (χ1n) is 6.00. The monoisotopic (exact) mass is 272 g/mol. The number of halogens is 3. The van der Waals surface area contributed by atoms with Gasteiger partial charge in [0, 0.05) is 24.1 Å². The largest absolute Gasteiger partial charge is 0.550 e. The second-order valence-corrected chi connectivity index (χ2v) is 4.58. The van der Waals surface area contributed by atoms with E-state index < -0.39 is 24.1 Å². The van der Waals surface area contributed by atoms with Crippen molar-refractivity contribution >= 4 is 11.7 Å². The number of carbonyl (C=O) groups is 1. The molecule has 0 aromatic heterocycles. The third-order valence-electron chi connectivity index (χ3n) is 3.36. The van der Waals surface area contributed by atoms with Crippen molar-refractivity contribution in [3.05, 3.63) is 30.3 Å². The average molecular weight is 272 g/mol. The van der Waals surface area contributed by atoms with Crippen LogP contribution in [0.25, 0.3) is 0 Å². The Hall–Kier alpha value is -1.72. The number of piperidine rings is 1. The molecule has 1 aliphatic heterocycles. The third-order valence-corrected chi connectivity index (χ3v) is 3.36. The molecule has 1 aliphatic rings. The number of rotatable bonds is 2. The van der Waals surface area contributed by atoms with Crippen LogP contribution < -0.4 is 10.0 Å². The molecule has 2 atom stereocenters. The smallest absolute Gasteiger partial charge is 0.409 e. The molecule has 104 valence electrons. The molecule has 19 heavy (non-hydrogen) atoms. The van der Waals surface area contributed by atoms with Gasteiger partial charge in [-0.3, -0.25) is 0 Å². The Morgan fingerprint density at radius 3 is 2.42 bits per heavy atom. The molecule has 0 spiro atoms. The van der Waals surface area contributed by atoms with Gasteiger partial charge in [-0.2, -0.15) is 13.2 Å². The zero-order valence-electron chi connectivity index (χ0n) is 10.1. The molecule has 1 heterocycles. The Kier molecular flexibility index (Phi) is 3.68. The minimum Gasteiger partial charge on any atom is -0.550 e. The number of benzene rings is 1. The van der Waals surface area contributed by atoms with Gasteiger partial charge >= 0.3 is 6.18 Å². The summed E-state index contributed by atoms with van der Waals surface area (Å²) in [7, 11) is 0. The molecule has 0 radical (unpaired) electrons. The summed E-state index contributed by atoms with van der Waals surface area (Å²) in [5, 5.41) is 11.0. The van der Waals surface area contributed by atoms with Crippen molar-refractivity contribution in [2.75, 3.05) is 11.4 Å². The van der Waals surface area contributed by atoms with Crippen LogP contribution in [0.1, 0.15) is 12.8 Å². The van der Waals surface area contributed by atoms with Crippen LogP contribution in [0.5, 0.6) is 0 Å². The molecular weight excluding hydrogens is 259 g/mol. The average Bonchev–Trinajstić information content (AvgIpc) is 2.38. The lowest BCUT2D eigenvalue weighted by Gasteiger charge is -2.43. The number of carboxylic acids is 1. The fourth-order valence-corrected chi connectivity index (χ4v) is 2.56. The third kappa shape index (κ3) is 2.83. The molecule has 1 aromatic rings. The number of anilines is 1. The van der Waals surface area contributed by atoms with Crippen LogP contribution in [0.4, 0.5) is 18.9 Å². The summed E-state index contributed by atoms with van der Waals surface area (Å²) >= 11 is 0. The van der Waals surface area contributed by atoms with Gasteiger partial charge in [0.2, 0.25) is 0 Å². The van der Waals surface area contributed by atoms with Crippen molar-refractivity contribution in [2.45, 2.75) is 25.1 Å². The molecule has 0 saturated carbocycles. The minimum atomic E-state index is -4.60. The van der Waals surface area contributed by atoms with Crippen molar-refractivity contribution in [3.8, 4) is 0 Å². The molecule has 2 unspecified atom stereocenters.